The van der Waals surface area contributed by atoms with Crippen LogP contribution in [0.1, 0.15) is 46.0 Å². The van der Waals surface area contributed by atoms with E-state index >= 15 is 0 Å². The van der Waals surface area contributed by atoms with Gasteiger partial charge in [-0.1, -0.05) is 51.0 Å². The van der Waals surface area contributed by atoms with Gasteiger partial charge in [-0.2, -0.15) is 0 Å². The van der Waals surface area contributed by atoms with E-state index in [0.29, 0.717) is 0 Å². The number of allylic oxidation sites excluding steroid dienone is 1. The highest BCUT2D eigenvalue weighted by Crippen LogP contribution is 2.23. The van der Waals surface area contributed by atoms with E-state index < -0.39 is 8.07 Å². The fourth-order valence-electron chi connectivity index (χ4n) is 1.75. The van der Waals surface area contributed by atoms with Crippen molar-refractivity contribution in [2.75, 3.05) is 7.11 Å². The SMILES string of the molecule is CCCCCCC(C(=O)OC)=C(C)[Si](C)(C)C. The van der Waals surface area contributed by atoms with Crippen molar-refractivity contribution >= 4 is 14.0 Å². The molecule has 0 amide bonds. The van der Waals surface area contributed by atoms with Gasteiger partial charge in [0.15, 0.2) is 0 Å². The van der Waals surface area contributed by atoms with Gasteiger partial charge in [0.1, 0.15) is 0 Å². The Kier molecular flexibility index (Phi) is 7.44. The Morgan fingerprint density at radius 1 is 1.12 bits per heavy atom. The van der Waals surface area contributed by atoms with Crippen LogP contribution >= 0.6 is 0 Å². The Bertz CT molecular complexity index is 274. The fraction of sp³-hybridized carbons (Fsp3) is 0.786. The number of hydrogen-bond donors (Lipinski definition) is 0. The first-order chi connectivity index (χ1) is 7.84. The molecule has 0 aliphatic rings. The van der Waals surface area contributed by atoms with Crippen LogP contribution in [0.5, 0.6) is 0 Å². The van der Waals surface area contributed by atoms with E-state index in [0.717, 1.165) is 18.4 Å². The van der Waals surface area contributed by atoms with Gasteiger partial charge in [-0.25, -0.2) is 4.79 Å². The number of rotatable bonds is 7. The van der Waals surface area contributed by atoms with Crippen LogP contribution in [0, 0.1) is 0 Å². The molecule has 0 heterocycles. The molecule has 0 aliphatic heterocycles. The van der Waals surface area contributed by atoms with Crippen LogP contribution in [-0.2, 0) is 9.53 Å². The Balaban J connectivity index is 4.72. The summed E-state index contributed by atoms with van der Waals surface area (Å²) in [5.74, 6) is -0.124. The van der Waals surface area contributed by atoms with E-state index in [4.69, 9.17) is 4.74 Å². The van der Waals surface area contributed by atoms with Crippen molar-refractivity contribution in [3.8, 4) is 0 Å². The van der Waals surface area contributed by atoms with Crippen LogP contribution < -0.4 is 0 Å². The second kappa shape index (κ2) is 7.70. The molecule has 0 saturated carbocycles. The van der Waals surface area contributed by atoms with E-state index in [2.05, 4.69) is 33.5 Å². The average molecular weight is 256 g/mol. The highest BCUT2D eigenvalue weighted by atomic mass is 28.3. The molecule has 0 aliphatic carbocycles. The maximum absolute atomic E-state index is 11.8. The zero-order chi connectivity index (χ0) is 13.5. The largest absolute Gasteiger partial charge is 0.466 e. The molecule has 0 fully saturated rings. The molecule has 0 spiro atoms. The maximum Gasteiger partial charge on any atom is 0.333 e. The summed E-state index contributed by atoms with van der Waals surface area (Å²) in [7, 11) is 0.0856. The Labute approximate surface area is 107 Å². The molecule has 0 saturated heterocycles. The van der Waals surface area contributed by atoms with Gasteiger partial charge in [0, 0.05) is 5.57 Å². The molecular formula is C14H28O2Si. The highest BCUT2D eigenvalue weighted by molar-refractivity contribution is 6.83. The van der Waals surface area contributed by atoms with E-state index in [1.165, 1.54) is 31.6 Å². The minimum absolute atomic E-state index is 0.124. The number of methoxy groups -OCH3 is 1. The molecule has 3 heteroatoms. The third-order valence-corrected chi connectivity index (χ3v) is 5.84. The first-order valence-electron chi connectivity index (χ1n) is 6.63. The van der Waals surface area contributed by atoms with Crippen molar-refractivity contribution in [3.63, 3.8) is 0 Å². The van der Waals surface area contributed by atoms with Crippen LogP contribution in [0.3, 0.4) is 0 Å². The van der Waals surface area contributed by atoms with Crippen molar-refractivity contribution in [1.82, 2.24) is 0 Å². The molecule has 100 valence electrons. The van der Waals surface area contributed by atoms with Crippen LogP contribution in [0.4, 0.5) is 0 Å². The van der Waals surface area contributed by atoms with Gasteiger partial charge in [0.05, 0.1) is 15.2 Å². The van der Waals surface area contributed by atoms with Crippen LogP contribution in [0.15, 0.2) is 10.8 Å². The van der Waals surface area contributed by atoms with E-state index in [9.17, 15) is 4.79 Å². The van der Waals surface area contributed by atoms with Crippen LogP contribution in [0.2, 0.25) is 19.6 Å². The molecule has 0 aromatic rings. The third-order valence-electron chi connectivity index (χ3n) is 3.29. The topological polar surface area (TPSA) is 26.3 Å². The second-order valence-electron chi connectivity index (χ2n) is 5.66. The normalized spacial score (nSPS) is 13.3. The predicted molar refractivity (Wildman–Crippen MR) is 76.8 cm³/mol. The lowest BCUT2D eigenvalue weighted by Crippen LogP contribution is -2.26. The molecule has 0 bridgehead atoms. The molecule has 2 nitrogen and oxygen atoms in total. The Hall–Kier alpha value is -0.573. The van der Waals surface area contributed by atoms with Gasteiger partial charge in [0.25, 0.3) is 0 Å². The Morgan fingerprint density at radius 3 is 2.12 bits per heavy atom. The standard InChI is InChI=1S/C14H28O2Si/c1-7-8-9-10-11-13(14(15)16-3)12(2)17(4,5)6/h7-11H2,1-6H3. The molecule has 0 aromatic carbocycles. The monoisotopic (exact) mass is 256 g/mol. The first-order valence-corrected chi connectivity index (χ1v) is 10.1. The van der Waals surface area contributed by atoms with Gasteiger partial charge in [-0.15, -0.1) is 0 Å². The number of hydrogen-bond acceptors (Lipinski definition) is 2. The van der Waals surface area contributed by atoms with Crippen molar-refractivity contribution in [2.24, 2.45) is 0 Å². The minimum atomic E-state index is -1.39. The maximum atomic E-state index is 11.8. The summed E-state index contributed by atoms with van der Waals surface area (Å²) in [6.45, 7) is 11.1. The summed E-state index contributed by atoms with van der Waals surface area (Å²) in [5.41, 5.74) is 0.933. The molecule has 0 radical (unpaired) electrons. The lowest BCUT2D eigenvalue weighted by atomic mass is 10.1. The summed E-state index contributed by atoms with van der Waals surface area (Å²) >= 11 is 0. The van der Waals surface area contributed by atoms with Crippen molar-refractivity contribution in [1.29, 1.82) is 0 Å². The molecule has 0 N–H and O–H groups in total. The number of carbonyl (C=O) groups is 1. The Morgan fingerprint density at radius 2 is 1.71 bits per heavy atom. The summed E-state index contributed by atoms with van der Waals surface area (Å²) in [6, 6.07) is 0. The smallest absolute Gasteiger partial charge is 0.333 e. The van der Waals surface area contributed by atoms with Gasteiger partial charge >= 0.3 is 5.97 Å². The average Bonchev–Trinajstić information content (AvgIpc) is 2.26. The molecule has 17 heavy (non-hydrogen) atoms. The summed E-state index contributed by atoms with van der Waals surface area (Å²) in [4.78, 5) is 11.8. The third kappa shape index (κ3) is 6.06. The fourth-order valence-corrected chi connectivity index (χ4v) is 2.88. The zero-order valence-electron chi connectivity index (χ0n) is 12.4. The number of unbranched alkanes of at least 4 members (excludes halogenated alkanes) is 3. The molecular weight excluding hydrogens is 228 g/mol. The van der Waals surface area contributed by atoms with E-state index in [1.54, 1.807) is 0 Å². The molecule has 0 rings (SSSR count). The van der Waals surface area contributed by atoms with E-state index in [1.807, 2.05) is 0 Å². The summed E-state index contributed by atoms with van der Waals surface area (Å²) in [6.07, 6.45) is 5.66. The van der Waals surface area contributed by atoms with Crippen LogP contribution in [-0.4, -0.2) is 21.2 Å². The number of ether oxygens (including phenoxy) is 1. The molecule has 0 aromatic heterocycles. The van der Waals surface area contributed by atoms with Crippen molar-refractivity contribution < 1.29 is 9.53 Å². The summed E-state index contributed by atoms with van der Waals surface area (Å²) < 4.78 is 4.91. The van der Waals surface area contributed by atoms with Crippen LogP contribution in [0.25, 0.3) is 0 Å². The van der Waals surface area contributed by atoms with Gasteiger partial charge in [-0.05, 0) is 19.8 Å². The van der Waals surface area contributed by atoms with Crippen molar-refractivity contribution in [2.45, 2.75) is 65.6 Å². The molecule has 0 atom stereocenters. The lowest BCUT2D eigenvalue weighted by molar-refractivity contribution is -0.136. The molecule has 0 unspecified atom stereocenters. The van der Waals surface area contributed by atoms with E-state index in [-0.39, 0.29) is 5.97 Å². The predicted octanol–water partition coefficient (Wildman–Crippen LogP) is 4.32. The first kappa shape index (κ1) is 16.4. The lowest BCUT2D eigenvalue weighted by Gasteiger charge is -2.21. The minimum Gasteiger partial charge on any atom is -0.466 e. The summed E-state index contributed by atoms with van der Waals surface area (Å²) in [5, 5.41) is 1.29. The second-order valence-corrected chi connectivity index (χ2v) is 10.9. The number of carbonyl (C=O) groups excluding carboxylic acids is 1. The number of esters is 1. The highest BCUT2D eigenvalue weighted by Gasteiger charge is 2.23. The van der Waals surface area contributed by atoms with Gasteiger partial charge in [-0.3, -0.25) is 0 Å². The van der Waals surface area contributed by atoms with Crippen molar-refractivity contribution in [3.05, 3.63) is 10.8 Å². The zero-order valence-corrected chi connectivity index (χ0v) is 13.4. The van der Waals surface area contributed by atoms with Gasteiger partial charge in [0.2, 0.25) is 0 Å². The van der Waals surface area contributed by atoms with Gasteiger partial charge < -0.3 is 4.74 Å². The quantitative estimate of drug-likeness (QED) is 0.293.